The van der Waals surface area contributed by atoms with Crippen LogP contribution in [0, 0.1) is 29.9 Å². The predicted molar refractivity (Wildman–Crippen MR) is 60.1 cm³/mol. The first-order valence-electron chi connectivity index (χ1n) is 5.11. The molecule has 0 radical (unpaired) electrons. The fourth-order valence-electron chi connectivity index (χ4n) is 1.38. The lowest BCUT2D eigenvalue weighted by atomic mass is 10.2. The molecule has 0 unspecified atom stereocenters. The minimum Gasteiger partial charge on any atom is -0.436 e. The topological polar surface area (TPSA) is 45.9 Å². The first-order chi connectivity index (χ1) is 8.60. The minimum atomic E-state index is -0.807. The Morgan fingerprint density at radius 3 is 2.61 bits per heavy atom. The Bertz CT molecular complexity index is 635. The van der Waals surface area contributed by atoms with Gasteiger partial charge in [-0.05, 0) is 25.1 Å². The third-order valence-electron chi connectivity index (χ3n) is 2.29. The number of nitrogens with zero attached hydrogens (tertiary/aromatic N) is 2. The van der Waals surface area contributed by atoms with Gasteiger partial charge in [-0.2, -0.15) is 5.26 Å². The molecule has 5 heteroatoms. The molecule has 0 N–H and O–H groups in total. The van der Waals surface area contributed by atoms with Crippen molar-refractivity contribution >= 4 is 0 Å². The van der Waals surface area contributed by atoms with Gasteiger partial charge in [-0.1, -0.05) is 0 Å². The zero-order valence-electron chi connectivity index (χ0n) is 9.45. The van der Waals surface area contributed by atoms with E-state index in [1.165, 1.54) is 18.2 Å². The summed E-state index contributed by atoms with van der Waals surface area (Å²) >= 11 is 0. The van der Waals surface area contributed by atoms with E-state index in [1.54, 1.807) is 6.92 Å². The predicted octanol–water partition coefficient (Wildman–Crippen LogP) is 3.33. The van der Waals surface area contributed by atoms with Gasteiger partial charge in [0.15, 0.2) is 11.6 Å². The second-order valence-electron chi connectivity index (χ2n) is 3.57. The molecule has 0 saturated heterocycles. The van der Waals surface area contributed by atoms with E-state index in [0.29, 0.717) is 11.3 Å². The van der Waals surface area contributed by atoms with Crippen LogP contribution in [0.5, 0.6) is 11.6 Å². The summed E-state index contributed by atoms with van der Waals surface area (Å²) in [7, 11) is 0. The van der Waals surface area contributed by atoms with Crippen molar-refractivity contribution in [3.8, 4) is 17.7 Å². The van der Waals surface area contributed by atoms with Gasteiger partial charge in [-0.3, -0.25) is 0 Å². The Morgan fingerprint density at radius 1 is 1.22 bits per heavy atom. The number of aromatic nitrogens is 1. The van der Waals surface area contributed by atoms with Gasteiger partial charge in [0.2, 0.25) is 5.88 Å². The summed E-state index contributed by atoms with van der Waals surface area (Å²) in [6, 6.07) is 7.94. The molecule has 0 aliphatic rings. The molecule has 1 aromatic carbocycles. The molecule has 0 aliphatic carbocycles. The molecule has 0 spiro atoms. The zero-order valence-corrected chi connectivity index (χ0v) is 9.45. The monoisotopic (exact) mass is 246 g/mol. The summed E-state index contributed by atoms with van der Waals surface area (Å²) < 4.78 is 31.2. The lowest BCUT2D eigenvalue weighted by Gasteiger charge is -2.06. The van der Waals surface area contributed by atoms with Crippen LogP contribution in [0.1, 0.15) is 11.3 Å². The van der Waals surface area contributed by atoms with Gasteiger partial charge in [0.25, 0.3) is 0 Å². The van der Waals surface area contributed by atoms with Gasteiger partial charge in [-0.15, -0.1) is 0 Å². The highest BCUT2D eigenvalue weighted by Crippen LogP contribution is 2.24. The van der Waals surface area contributed by atoms with Crippen molar-refractivity contribution in [2.75, 3.05) is 0 Å². The van der Waals surface area contributed by atoms with Crippen molar-refractivity contribution in [3.05, 3.63) is 53.2 Å². The van der Waals surface area contributed by atoms with Crippen molar-refractivity contribution in [2.45, 2.75) is 6.92 Å². The summed E-state index contributed by atoms with van der Waals surface area (Å²) in [5, 5.41) is 8.74. The van der Waals surface area contributed by atoms with E-state index in [4.69, 9.17) is 10.00 Å². The number of pyridine rings is 1. The molecule has 1 heterocycles. The molecule has 1 aromatic heterocycles. The van der Waals surface area contributed by atoms with Gasteiger partial charge in [0.1, 0.15) is 11.9 Å². The quantitative estimate of drug-likeness (QED) is 0.816. The fraction of sp³-hybridized carbons (Fsp3) is 0.0769. The largest absolute Gasteiger partial charge is 0.436 e. The molecule has 3 nitrogen and oxygen atoms in total. The van der Waals surface area contributed by atoms with E-state index in [9.17, 15) is 8.78 Å². The zero-order chi connectivity index (χ0) is 13.1. The van der Waals surface area contributed by atoms with E-state index >= 15 is 0 Å². The molecule has 0 fully saturated rings. The molecule has 0 aliphatic heterocycles. The van der Waals surface area contributed by atoms with Crippen molar-refractivity contribution < 1.29 is 13.5 Å². The van der Waals surface area contributed by atoms with Gasteiger partial charge in [0, 0.05) is 12.1 Å². The summed E-state index contributed by atoms with van der Waals surface area (Å²) in [4.78, 5) is 4.00. The van der Waals surface area contributed by atoms with E-state index in [2.05, 4.69) is 4.98 Å². The average Bonchev–Trinajstić information content (AvgIpc) is 2.33. The van der Waals surface area contributed by atoms with Gasteiger partial charge < -0.3 is 4.74 Å². The molecule has 18 heavy (non-hydrogen) atoms. The van der Waals surface area contributed by atoms with E-state index in [-0.39, 0.29) is 11.6 Å². The second kappa shape index (κ2) is 4.80. The maximum absolute atomic E-state index is 13.3. The highest BCUT2D eigenvalue weighted by atomic mass is 19.1. The van der Waals surface area contributed by atoms with Crippen LogP contribution in [0.4, 0.5) is 8.78 Å². The van der Waals surface area contributed by atoms with Gasteiger partial charge in [0.05, 0.1) is 11.3 Å². The summed E-state index contributed by atoms with van der Waals surface area (Å²) in [5.74, 6) is -1.45. The SMILES string of the molecule is Cc1nc(Oc2ccc(F)cc2F)ccc1C#N. The number of ether oxygens (including phenoxy) is 1. The second-order valence-corrected chi connectivity index (χ2v) is 3.57. The molecule has 0 saturated carbocycles. The maximum Gasteiger partial charge on any atom is 0.219 e. The average molecular weight is 246 g/mol. The molecule has 2 rings (SSSR count). The van der Waals surface area contributed by atoms with E-state index < -0.39 is 11.6 Å². The number of hydrogen-bond acceptors (Lipinski definition) is 3. The fourth-order valence-corrected chi connectivity index (χ4v) is 1.38. The number of hydrogen-bond donors (Lipinski definition) is 0. The molecule has 0 bridgehead atoms. The Kier molecular flexibility index (Phi) is 3.20. The van der Waals surface area contributed by atoms with Crippen molar-refractivity contribution in [1.29, 1.82) is 5.26 Å². The number of aryl methyl sites for hydroxylation is 1. The van der Waals surface area contributed by atoms with Crippen LogP contribution < -0.4 is 4.74 Å². The lowest BCUT2D eigenvalue weighted by molar-refractivity contribution is 0.423. The molecular weight excluding hydrogens is 238 g/mol. The van der Waals surface area contributed by atoms with Crippen LogP contribution in [-0.2, 0) is 0 Å². The molecule has 0 amide bonds. The van der Waals surface area contributed by atoms with Crippen LogP contribution >= 0.6 is 0 Å². The lowest BCUT2D eigenvalue weighted by Crippen LogP contribution is -1.94. The van der Waals surface area contributed by atoms with Crippen LogP contribution in [-0.4, -0.2) is 4.98 Å². The first kappa shape index (κ1) is 12.0. The standard InChI is InChI=1S/C13H8F2N2O/c1-8-9(7-16)2-5-13(17-8)18-12-4-3-10(14)6-11(12)15/h2-6H,1H3. The normalized spacial score (nSPS) is 9.89. The van der Waals surface area contributed by atoms with Crippen molar-refractivity contribution in [2.24, 2.45) is 0 Å². The van der Waals surface area contributed by atoms with E-state index in [0.717, 1.165) is 12.1 Å². The number of nitriles is 1. The third kappa shape index (κ3) is 2.43. The van der Waals surface area contributed by atoms with E-state index in [1.807, 2.05) is 6.07 Å². The van der Waals surface area contributed by atoms with Crippen LogP contribution in [0.2, 0.25) is 0 Å². The van der Waals surface area contributed by atoms with Crippen LogP contribution in [0.3, 0.4) is 0 Å². The third-order valence-corrected chi connectivity index (χ3v) is 2.29. The molecule has 2 aromatic rings. The molecule has 0 atom stereocenters. The minimum absolute atomic E-state index is 0.118. The number of halogens is 2. The Labute approximate surface area is 102 Å². The summed E-state index contributed by atoms with van der Waals surface area (Å²) in [6.07, 6.45) is 0. The smallest absolute Gasteiger partial charge is 0.219 e. The van der Waals surface area contributed by atoms with Crippen LogP contribution in [0.25, 0.3) is 0 Å². The summed E-state index contributed by atoms with van der Waals surface area (Å²) in [5.41, 5.74) is 0.902. The highest BCUT2D eigenvalue weighted by Gasteiger charge is 2.08. The van der Waals surface area contributed by atoms with Gasteiger partial charge >= 0.3 is 0 Å². The Hall–Kier alpha value is -2.48. The highest BCUT2D eigenvalue weighted by molar-refractivity contribution is 5.36. The van der Waals surface area contributed by atoms with Gasteiger partial charge in [-0.25, -0.2) is 13.8 Å². The Morgan fingerprint density at radius 2 is 2.00 bits per heavy atom. The van der Waals surface area contributed by atoms with Crippen molar-refractivity contribution in [1.82, 2.24) is 4.98 Å². The van der Waals surface area contributed by atoms with Crippen molar-refractivity contribution in [3.63, 3.8) is 0 Å². The van der Waals surface area contributed by atoms with Crippen LogP contribution in [0.15, 0.2) is 30.3 Å². The number of benzene rings is 1. The molecule has 90 valence electrons. The summed E-state index contributed by atoms with van der Waals surface area (Å²) in [6.45, 7) is 1.65. The maximum atomic E-state index is 13.3. The first-order valence-corrected chi connectivity index (χ1v) is 5.11. The Balaban J connectivity index is 2.29. The molecular formula is C13H8F2N2O. The number of rotatable bonds is 2.